The molecular weight excluding hydrogens is 522 g/mol. The van der Waals surface area contributed by atoms with E-state index in [1.807, 2.05) is 44.3 Å². The molecule has 0 bridgehead atoms. The van der Waals surface area contributed by atoms with Crippen LogP contribution in [-0.2, 0) is 17.8 Å². The zero-order valence-electron chi connectivity index (χ0n) is 23.6. The number of rotatable bonds is 10. The third-order valence-electron chi connectivity index (χ3n) is 7.30. The van der Waals surface area contributed by atoms with E-state index >= 15 is 0 Å². The van der Waals surface area contributed by atoms with Crippen LogP contribution < -0.4 is 10.1 Å². The van der Waals surface area contributed by atoms with Gasteiger partial charge in [-0.1, -0.05) is 49.4 Å². The molecule has 41 heavy (non-hydrogen) atoms. The molecule has 9 nitrogen and oxygen atoms in total. The zero-order chi connectivity index (χ0) is 29.5. The number of anilines is 1. The Bertz CT molecular complexity index is 1360. The van der Waals surface area contributed by atoms with Crippen molar-refractivity contribution in [1.29, 1.82) is 0 Å². The Morgan fingerprint density at radius 1 is 1.07 bits per heavy atom. The van der Waals surface area contributed by atoms with Crippen molar-refractivity contribution in [3.05, 3.63) is 95.1 Å². The number of ether oxygens (including phenoxy) is 1. The molecule has 9 heteroatoms. The lowest BCUT2D eigenvalue weighted by atomic mass is 9.99. The van der Waals surface area contributed by atoms with Gasteiger partial charge in [0.2, 0.25) is 5.91 Å². The minimum absolute atomic E-state index is 0.0526. The average Bonchev–Trinajstić information content (AvgIpc) is 2.95. The third kappa shape index (κ3) is 7.71. The van der Waals surface area contributed by atoms with Gasteiger partial charge >= 0.3 is 5.97 Å². The number of fused-ring (bicyclic) bond motifs is 1. The number of hydrogen-bond donors (Lipinski definition) is 3. The number of carboxylic acid groups (broad SMARTS) is 1. The fourth-order valence-corrected chi connectivity index (χ4v) is 4.94. The van der Waals surface area contributed by atoms with E-state index in [2.05, 4.69) is 10.2 Å². The topological polar surface area (TPSA) is 119 Å². The molecule has 0 aromatic heterocycles. The minimum Gasteiger partial charge on any atom is -0.488 e. The molecule has 3 atom stereocenters. The van der Waals surface area contributed by atoms with Gasteiger partial charge in [-0.3, -0.25) is 14.5 Å². The zero-order valence-corrected chi connectivity index (χ0v) is 23.6. The third-order valence-corrected chi connectivity index (χ3v) is 7.30. The molecule has 3 aromatic carbocycles. The maximum atomic E-state index is 13.7. The first kappa shape index (κ1) is 29.8. The van der Waals surface area contributed by atoms with E-state index in [0.29, 0.717) is 36.6 Å². The second-order valence-electron chi connectivity index (χ2n) is 10.7. The number of carbonyl (C=O) groups excluding carboxylic acids is 2. The first-order valence-corrected chi connectivity index (χ1v) is 13.7. The summed E-state index contributed by atoms with van der Waals surface area (Å²) in [5.41, 5.74) is 2.91. The number of aliphatic hydroxyl groups is 1. The number of carboxylic acids is 1. The molecule has 1 aliphatic heterocycles. The van der Waals surface area contributed by atoms with Crippen molar-refractivity contribution >= 4 is 23.5 Å². The van der Waals surface area contributed by atoms with Crippen molar-refractivity contribution in [1.82, 2.24) is 9.80 Å². The predicted molar refractivity (Wildman–Crippen MR) is 156 cm³/mol. The quantitative estimate of drug-likeness (QED) is 0.345. The number of nitrogens with zero attached hydrogens (tertiary/aromatic N) is 2. The standard InChI is InChI=1S/C32H37N3O6/c1-21-17-35(22(2)20-36)31(38)27-16-26(33-30(37)15-23-7-5-4-6-8-23)13-14-28(27)41-29(21)19-34(3)18-24-9-11-25(12-10-24)32(39)40/h4-14,16,21-22,29,36H,15,17-20H2,1-3H3,(H,33,37)(H,39,40)/t21-,22-,29+/m1/s1. The highest BCUT2D eigenvalue weighted by atomic mass is 16.5. The molecule has 0 aliphatic carbocycles. The Morgan fingerprint density at radius 2 is 1.78 bits per heavy atom. The fraction of sp³-hybridized carbons (Fsp3) is 0.344. The van der Waals surface area contributed by atoms with Gasteiger partial charge in [0.15, 0.2) is 0 Å². The molecule has 0 unspecified atom stereocenters. The summed E-state index contributed by atoms with van der Waals surface area (Å²) in [5, 5.41) is 22.0. The van der Waals surface area contributed by atoms with E-state index in [1.165, 1.54) is 0 Å². The molecule has 2 amide bonds. The van der Waals surface area contributed by atoms with Gasteiger partial charge in [0.1, 0.15) is 11.9 Å². The number of carbonyl (C=O) groups is 3. The molecule has 1 heterocycles. The summed E-state index contributed by atoms with van der Waals surface area (Å²) in [6.07, 6.45) is -0.0712. The Kier molecular flexibility index (Phi) is 9.75. The molecule has 216 valence electrons. The highest BCUT2D eigenvalue weighted by Gasteiger charge is 2.33. The number of hydrogen-bond acceptors (Lipinski definition) is 6. The minimum atomic E-state index is -0.963. The highest BCUT2D eigenvalue weighted by Crippen LogP contribution is 2.31. The number of amides is 2. The second kappa shape index (κ2) is 13.4. The van der Waals surface area contributed by atoms with Crippen molar-refractivity contribution in [3.8, 4) is 5.75 Å². The summed E-state index contributed by atoms with van der Waals surface area (Å²) in [6, 6.07) is 20.9. The predicted octanol–water partition coefficient (Wildman–Crippen LogP) is 3.92. The van der Waals surface area contributed by atoms with Crippen molar-refractivity contribution < 1.29 is 29.3 Å². The van der Waals surface area contributed by atoms with Crippen molar-refractivity contribution in [2.45, 2.75) is 39.0 Å². The number of benzene rings is 3. The summed E-state index contributed by atoms with van der Waals surface area (Å²) in [7, 11) is 1.96. The lowest BCUT2D eigenvalue weighted by Crippen LogP contribution is -2.49. The van der Waals surface area contributed by atoms with E-state index in [0.717, 1.165) is 11.1 Å². The normalized spacial score (nSPS) is 17.7. The fourth-order valence-electron chi connectivity index (χ4n) is 4.94. The molecule has 3 aromatic rings. The Balaban J connectivity index is 1.54. The van der Waals surface area contributed by atoms with Crippen molar-refractivity contribution in [2.24, 2.45) is 5.92 Å². The van der Waals surface area contributed by atoms with Crippen LogP contribution in [0.15, 0.2) is 72.8 Å². The largest absolute Gasteiger partial charge is 0.488 e. The van der Waals surface area contributed by atoms with Crippen LogP contribution in [-0.4, -0.2) is 76.7 Å². The van der Waals surface area contributed by atoms with Crippen LogP contribution in [0, 0.1) is 5.92 Å². The number of likely N-dealkylation sites (N-methyl/N-ethyl adjacent to an activating group) is 1. The van der Waals surface area contributed by atoms with Crippen LogP contribution in [0.5, 0.6) is 5.75 Å². The van der Waals surface area contributed by atoms with Gasteiger partial charge in [-0.15, -0.1) is 0 Å². The highest BCUT2D eigenvalue weighted by molar-refractivity contribution is 6.00. The smallest absolute Gasteiger partial charge is 0.335 e. The van der Waals surface area contributed by atoms with E-state index < -0.39 is 12.0 Å². The first-order valence-electron chi connectivity index (χ1n) is 13.7. The summed E-state index contributed by atoms with van der Waals surface area (Å²) in [6.45, 7) is 5.16. The Labute approximate surface area is 240 Å². The van der Waals surface area contributed by atoms with Crippen LogP contribution in [0.3, 0.4) is 0 Å². The Morgan fingerprint density at radius 3 is 2.44 bits per heavy atom. The van der Waals surface area contributed by atoms with E-state index in [1.54, 1.807) is 54.3 Å². The molecular formula is C32H37N3O6. The van der Waals surface area contributed by atoms with Gasteiger partial charge in [-0.25, -0.2) is 4.79 Å². The summed E-state index contributed by atoms with van der Waals surface area (Å²) >= 11 is 0. The van der Waals surface area contributed by atoms with Gasteiger partial charge in [-0.05, 0) is 55.4 Å². The monoisotopic (exact) mass is 559 g/mol. The molecule has 4 rings (SSSR count). The number of aromatic carboxylic acids is 1. The van der Waals surface area contributed by atoms with Crippen LogP contribution >= 0.6 is 0 Å². The van der Waals surface area contributed by atoms with Gasteiger partial charge in [0.05, 0.1) is 30.2 Å². The Hall–Kier alpha value is -4.21. The molecule has 3 N–H and O–H groups in total. The maximum Gasteiger partial charge on any atom is 0.335 e. The lowest BCUT2D eigenvalue weighted by Gasteiger charge is -2.38. The van der Waals surface area contributed by atoms with Gasteiger partial charge < -0.3 is 25.2 Å². The molecule has 0 radical (unpaired) electrons. The van der Waals surface area contributed by atoms with E-state index in [9.17, 15) is 19.5 Å². The molecule has 0 spiro atoms. The molecule has 0 saturated heterocycles. The second-order valence-corrected chi connectivity index (χ2v) is 10.7. The molecule has 1 aliphatic rings. The van der Waals surface area contributed by atoms with Crippen LogP contribution in [0.1, 0.15) is 45.7 Å². The van der Waals surface area contributed by atoms with Gasteiger partial charge in [0.25, 0.3) is 5.91 Å². The maximum absolute atomic E-state index is 13.7. The van der Waals surface area contributed by atoms with Gasteiger partial charge in [-0.2, -0.15) is 0 Å². The summed E-state index contributed by atoms with van der Waals surface area (Å²) in [4.78, 5) is 41.3. The van der Waals surface area contributed by atoms with E-state index in [4.69, 9.17) is 9.84 Å². The molecule has 0 fully saturated rings. The van der Waals surface area contributed by atoms with Crippen LogP contribution in [0.4, 0.5) is 5.69 Å². The SMILES string of the molecule is C[C@@H]1CN([C@H](C)CO)C(=O)c2cc(NC(=O)Cc3ccccc3)ccc2O[C@H]1CN(C)Cc1ccc(C(=O)O)cc1. The van der Waals surface area contributed by atoms with Crippen molar-refractivity contribution in [3.63, 3.8) is 0 Å². The van der Waals surface area contributed by atoms with Gasteiger partial charge in [0, 0.05) is 31.2 Å². The lowest BCUT2D eigenvalue weighted by molar-refractivity contribution is -0.115. The van der Waals surface area contributed by atoms with Crippen LogP contribution in [0.25, 0.3) is 0 Å². The molecule has 0 saturated carbocycles. The van der Waals surface area contributed by atoms with E-state index in [-0.39, 0.29) is 42.4 Å². The van der Waals surface area contributed by atoms with Crippen LogP contribution in [0.2, 0.25) is 0 Å². The summed E-state index contributed by atoms with van der Waals surface area (Å²) < 4.78 is 6.45. The number of nitrogens with one attached hydrogen (secondary N) is 1. The number of aliphatic hydroxyl groups excluding tert-OH is 1. The van der Waals surface area contributed by atoms with Crippen molar-refractivity contribution in [2.75, 3.05) is 32.1 Å². The average molecular weight is 560 g/mol. The first-order chi connectivity index (χ1) is 19.6. The summed E-state index contributed by atoms with van der Waals surface area (Å²) in [5.74, 6) is -1.06.